The number of aromatic nitrogens is 2. The Bertz CT molecular complexity index is 672. The Morgan fingerprint density at radius 1 is 1.33 bits per heavy atom. The largest absolute Gasteiger partial charge is 0.459 e. The number of imidazole rings is 1. The summed E-state index contributed by atoms with van der Waals surface area (Å²) in [5.74, 6) is 0. The number of ether oxygens (including phenoxy) is 1. The van der Waals surface area contributed by atoms with Crippen LogP contribution in [0.1, 0.15) is 37.7 Å². The Hall–Kier alpha value is -2.06. The first-order valence-electron chi connectivity index (χ1n) is 7.49. The highest BCUT2D eigenvalue weighted by molar-refractivity contribution is 5.78. The van der Waals surface area contributed by atoms with E-state index in [4.69, 9.17) is 15.1 Å². The highest BCUT2D eigenvalue weighted by Gasteiger charge is 2.25. The van der Waals surface area contributed by atoms with Gasteiger partial charge in [0.25, 0.3) is 6.01 Å². The van der Waals surface area contributed by atoms with Crippen LogP contribution in [-0.2, 0) is 6.54 Å². The summed E-state index contributed by atoms with van der Waals surface area (Å²) in [6.07, 6.45) is 5.43. The quantitative estimate of drug-likeness (QED) is 0.828. The summed E-state index contributed by atoms with van der Waals surface area (Å²) in [4.78, 5) is 4.47. The first kappa shape index (κ1) is 13.9. The smallest absolute Gasteiger partial charge is 0.297 e. The molecule has 1 aromatic carbocycles. The van der Waals surface area contributed by atoms with Gasteiger partial charge in [0.1, 0.15) is 6.10 Å². The number of hydrogen-bond acceptors (Lipinski definition) is 4. The molecule has 5 heteroatoms. The van der Waals surface area contributed by atoms with Gasteiger partial charge in [-0.15, -0.1) is 0 Å². The number of rotatable bonds is 6. The normalized spacial score (nSPS) is 16.7. The van der Waals surface area contributed by atoms with E-state index in [1.807, 2.05) is 12.1 Å². The lowest BCUT2D eigenvalue weighted by Gasteiger charge is -2.09. The molecule has 5 nitrogen and oxygen atoms in total. The predicted molar refractivity (Wildman–Crippen MR) is 79.0 cm³/mol. The molecule has 21 heavy (non-hydrogen) atoms. The van der Waals surface area contributed by atoms with Crippen LogP contribution < -0.4 is 4.74 Å². The molecule has 2 heterocycles. The van der Waals surface area contributed by atoms with Crippen molar-refractivity contribution in [1.29, 1.82) is 5.26 Å². The summed E-state index contributed by atoms with van der Waals surface area (Å²) >= 11 is 0. The fourth-order valence-corrected chi connectivity index (χ4v) is 2.82. The number of unbranched alkanes of at least 4 members (excludes halogenated alkanes) is 3. The van der Waals surface area contributed by atoms with Crippen LogP contribution in [0.4, 0.5) is 0 Å². The monoisotopic (exact) mass is 285 g/mol. The lowest BCUT2D eigenvalue weighted by Crippen LogP contribution is -2.14. The maximum atomic E-state index is 8.91. The Balaban J connectivity index is 1.62. The van der Waals surface area contributed by atoms with Gasteiger partial charge in [-0.05, 0) is 37.5 Å². The molecule has 0 aliphatic carbocycles. The third kappa shape index (κ3) is 2.86. The van der Waals surface area contributed by atoms with Gasteiger partial charge >= 0.3 is 0 Å². The summed E-state index contributed by atoms with van der Waals surface area (Å²) < 4.78 is 7.98. The number of aliphatic hydroxyl groups excluding tert-OH is 1. The molecular weight excluding hydrogens is 266 g/mol. The van der Waals surface area contributed by atoms with Gasteiger partial charge in [0.15, 0.2) is 0 Å². The van der Waals surface area contributed by atoms with Crippen molar-refractivity contribution in [2.24, 2.45) is 0 Å². The van der Waals surface area contributed by atoms with Gasteiger partial charge in [0.2, 0.25) is 0 Å². The van der Waals surface area contributed by atoms with Crippen LogP contribution in [0.25, 0.3) is 11.0 Å². The third-order valence-corrected chi connectivity index (χ3v) is 3.93. The standard InChI is InChI=1S/C16H19N3O2/c17-10-12-6-7-15-14(9-12)18-16-19(15)11-13(21-16)5-3-1-2-4-8-20/h6-7,9,13,20H,1-5,8,11H2. The summed E-state index contributed by atoms with van der Waals surface area (Å²) in [5.41, 5.74) is 2.48. The van der Waals surface area contributed by atoms with Crippen LogP contribution in [0, 0.1) is 11.3 Å². The Morgan fingerprint density at radius 3 is 3.00 bits per heavy atom. The van der Waals surface area contributed by atoms with E-state index in [-0.39, 0.29) is 12.7 Å². The molecule has 0 radical (unpaired) electrons. The minimum atomic E-state index is 0.196. The first-order chi connectivity index (χ1) is 10.3. The minimum Gasteiger partial charge on any atom is -0.459 e. The van der Waals surface area contributed by atoms with Crippen molar-refractivity contribution in [1.82, 2.24) is 9.55 Å². The first-order valence-corrected chi connectivity index (χ1v) is 7.49. The Kier molecular flexibility index (Phi) is 4.07. The maximum Gasteiger partial charge on any atom is 0.297 e. The topological polar surface area (TPSA) is 71.1 Å². The van der Waals surface area contributed by atoms with E-state index in [2.05, 4.69) is 15.6 Å². The third-order valence-electron chi connectivity index (χ3n) is 3.93. The molecule has 0 saturated heterocycles. The molecule has 1 aliphatic heterocycles. The number of aliphatic hydroxyl groups is 1. The van der Waals surface area contributed by atoms with Gasteiger partial charge in [-0.3, -0.25) is 4.57 Å². The van der Waals surface area contributed by atoms with Crippen LogP contribution >= 0.6 is 0 Å². The molecule has 3 rings (SSSR count). The van der Waals surface area contributed by atoms with E-state index in [9.17, 15) is 0 Å². The van der Waals surface area contributed by atoms with E-state index in [0.29, 0.717) is 11.6 Å². The fraction of sp³-hybridized carbons (Fsp3) is 0.500. The fourth-order valence-electron chi connectivity index (χ4n) is 2.82. The summed E-state index contributed by atoms with van der Waals surface area (Å²) in [7, 11) is 0. The Labute approximate surface area is 123 Å². The van der Waals surface area contributed by atoms with Gasteiger partial charge in [-0.25, -0.2) is 0 Å². The molecule has 0 amide bonds. The molecule has 1 atom stereocenters. The summed E-state index contributed by atoms with van der Waals surface area (Å²) in [6.45, 7) is 1.11. The van der Waals surface area contributed by atoms with Crippen molar-refractivity contribution in [2.75, 3.05) is 6.61 Å². The van der Waals surface area contributed by atoms with E-state index in [0.717, 1.165) is 49.7 Å². The number of benzene rings is 1. The van der Waals surface area contributed by atoms with Crippen LogP contribution in [0.15, 0.2) is 18.2 Å². The summed E-state index contributed by atoms with van der Waals surface area (Å²) in [6, 6.07) is 8.36. The van der Waals surface area contributed by atoms with Crippen molar-refractivity contribution >= 4 is 11.0 Å². The van der Waals surface area contributed by atoms with Gasteiger partial charge in [0, 0.05) is 6.61 Å². The highest BCUT2D eigenvalue weighted by atomic mass is 16.5. The highest BCUT2D eigenvalue weighted by Crippen LogP contribution is 2.29. The lowest BCUT2D eigenvalue weighted by molar-refractivity contribution is 0.208. The SMILES string of the molecule is N#Cc1ccc2c(c1)nc1n2CC(CCCCCCO)O1. The van der Waals surface area contributed by atoms with Crippen LogP contribution in [0.2, 0.25) is 0 Å². The van der Waals surface area contributed by atoms with Crippen LogP contribution in [-0.4, -0.2) is 27.4 Å². The molecule has 1 unspecified atom stereocenters. The van der Waals surface area contributed by atoms with Crippen LogP contribution in [0.5, 0.6) is 6.01 Å². The molecular formula is C16H19N3O2. The molecule has 0 spiro atoms. The molecule has 1 N–H and O–H groups in total. The number of nitrogens with zero attached hydrogens (tertiary/aromatic N) is 3. The number of nitriles is 1. The van der Waals surface area contributed by atoms with Crippen molar-refractivity contribution in [3.8, 4) is 12.1 Å². The van der Waals surface area contributed by atoms with Crippen molar-refractivity contribution in [3.05, 3.63) is 23.8 Å². The maximum absolute atomic E-state index is 8.91. The zero-order valence-electron chi connectivity index (χ0n) is 12.0. The second kappa shape index (κ2) is 6.15. The molecule has 2 aromatic rings. The van der Waals surface area contributed by atoms with Crippen molar-refractivity contribution < 1.29 is 9.84 Å². The molecule has 0 fully saturated rings. The second-order valence-corrected chi connectivity index (χ2v) is 5.49. The van der Waals surface area contributed by atoms with Gasteiger partial charge < -0.3 is 9.84 Å². The van der Waals surface area contributed by atoms with Crippen LogP contribution in [0.3, 0.4) is 0 Å². The lowest BCUT2D eigenvalue weighted by atomic mass is 10.1. The minimum absolute atomic E-state index is 0.196. The average Bonchev–Trinajstić information content (AvgIpc) is 3.03. The molecule has 110 valence electrons. The van der Waals surface area contributed by atoms with Gasteiger partial charge in [-0.2, -0.15) is 10.2 Å². The molecule has 0 bridgehead atoms. The van der Waals surface area contributed by atoms with Gasteiger partial charge in [0.05, 0.1) is 29.2 Å². The zero-order chi connectivity index (χ0) is 14.7. The van der Waals surface area contributed by atoms with E-state index in [1.165, 1.54) is 0 Å². The van der Waals surface area contributed by atoms with E-state index >= 15 is 0 Å². The number of fused-ring (bicyclic) bond motifs is 3. The Morgan fingerprint density at radius 2 is 2.19 bits per heavy atom. The predicted octanol–water partition coefficient (Wildman–Crippen LogP) is 2.61. The average molecular weight is 285 g/mol. The van der Waals surface area contributed by atoms with Crippen molar-refractivity contribution in [3.63, 3.8) is 0 Å². The molecule has 1 aliphatic rings. The second-order valence-electron chi connectivity index (χ2n) is 5.49. The zero-order valence-corrected chi connectivity index (χ0v) is 12.0. The molecule has 1 aromatic heterocycles. The van der Waals surface area contributed by atoms with Crippen molar-refractivity contribution in [2.45, 2.75) is 44.8 Å². The van der Waals surface area contributed by atoms with E-state index < -0.39 is 0 Å². The molecule has 0 saturated carbocycles. The van der Waals surface area contributed by atoms with E-state index in [1.54, 1.807) is 6.07 Å². The number of hydrogen-bond donors (Lipinski definition) is 1. The summed E-state index contributed by atoms with van der Waals surface area (Å²) in [5, 5.41) is 17.7. The van der Waals surface area contributed by atoms with Gasteiger partial charge in [-0.1, -0.05) is 12.8 Å².